The van der Waals surface area contributed by atoms with Crippen LogP contribution in [0.4, 0.5) is 17.3 Å². The number of aromatic nitrogens is 4. The van der Waals surface area contributed by atoms with Crippen molar-refractivity contribution >= 4 is 28.2 Å². The molecule has 0 unspecified atom stereocenters. The van der Waals surface area contributed by atoms with Gasteiger partial charge in [0.1, 0.15) is 17.4 Å². The molecular formula is C28H31N7O2. The molecule has 4 aromatic rings. The van der Waals surface area contributed by atoms with Crippen LogP contribution < -0.4 is 20.3 Å². The highest BCUT2D eigenvalue weighted by molar-refractivity contribution is 5.95. The number of methoxy groups -OCH3 is 1. The van der Waals surface area contributed by atoms with E-state index in [2.05, 4.69) is 49.8 Å². The number of benzene rings is 1. The van der Waals surface area contributed by atoms with Gasteiger partial charge in [0.2, 0.25) is 0 Å². The van der Waals surface area contributed by atoms with Crippen molar-refractivity contribution in [2.45, 2.75) is 18.8 Å². The summed E-state index contributed by atoms with van der Waals surface area (Å²) in [5.74, 6) is 3.51. The van der Waals surface area contributed by atoms with E-state index in [4.69, 9.17) is 19.4 Å². The van der Waals surface area contributed by atoms with E-state index in [9.17, 15) is 0 Å². The van der Waals surface area contributed by atoms with Gasteiger partial charge in [-0.1, -0.05) is 12.1 Å². The Labute approximate surface area is 216 Å². The first-order valence-corrected chi connectivity index (χ1v) is 12.8. The van der Waals surface area contributed by atoms with Crippen LogP contribution >= 0.6 is 0 Å². The summed E-state index contributed by atoms with van der Waals surface area (Å²) in [4.78, 5) is 21.1. The largest absolute Gasteiger partial charge is 0.494 e. The third-order valence-electron chi connectivity index (χ3n) is 7.08. The lowest BCUT2D eigenvalue weighted by atomic mass is 9.92. The maximum absolute atomic E-state index is 5.63. The minimum absolute atomic E-state index is 0.576. The molecule has 2 N–H and O–H groups in total. The minimum Gasteiger partial charge on any atom is -0.494 e. The van der Waals surface area contributed by atoms with Gasteiger partial charge in [-0.3, -0.25) is 4.98 Å². The van der Waals surface area contributed by atoms with E-state index in [0.29, 0.717) is 17.5 Å². The first-order chi connectivity index (χ1) is 18.3. The summed E-state index contributed by atoms with van der Waals surface area (Å²) < 4.78 is 11.1. The van der Waals surface area contributed by atoms with Crippen molar-refractivity contribution in [3.63, 3.8) is 0 Å². The van der Waals surface area contributed by atoms with E-state index in [-0.39, 0.29) is 0 Å². The molecule has 0 spiro atoms. The van der Waals surface area contributed by atoms with Crippen LogP contribution in [0.2, 0.25) is 0 Å². The maximum atomic E-state index is 5.63. The van der Waals surface area contributed by atoms with Crippen LogP contribution in [0, 0.1) is 0 Å². The molecule has 3 aromatic heterocycles. The fraction of sp³-hybridized carbons (Fsp3) is 0.357. The van der Waals surface area contributed by atoms with Gasteiger partial charge >= 0.3 is 0 Å². The molecule has 2 saturated heterocycles. The van der Waals surface area contributed by atoms with E-state index in [1.54, 1.807) is 25.7 Å². The molecular weight excluding hydrogens is 466 g/mol. The summed E-state index contributed by atoms with van der Waals surface area (Å²) in [6, 6.07) is 12.6. The summed E-state index contributed by atoms with van der Waals surface area (Å²) >= 11 is 0. The van der Waals surface area contributed by atoms with Crippen molar-refractivity contribution in [3.8, 4) is 17.1 Å². The number of nitrogens with zero attached hydrogens (tertiary/aromatic N) is 5. The molecule has 1 aromatic carbocycles. The van der Waals surface area contributed by atoms with Crippen molar-refractivity contribution in [2.24, 2.45) is 0 Å². The van der Waals surface area contributed by atoms with Gasteiger partial charge in [0.25, 0.3) is 0 Å². The molecule has 6 rings (SSSR count). The molecule has 9 nitrogen and oxygen atoms in total. The Kier molecular flexibility index (Phi) is 6.79. The van der Waals surface area contributed by atoms with Crippen LogP contribution in [0.3, 0.4) is 0 Å². The number of pyridine rings is 2. The van der Waals surface area contributed by atoms with Gasteiger partial charge in [-0.05, 0) is 48.6 Å². The molecule has 5 heterocycles. The average Bonchev–Trinajstić information content (AvgIpc) is 2.97. The number of anilines is 3. The Morgan fingerprint density at radius 2 is 1.84 bits per heavy atom. The Balaban J connectivity index is 1.30. The Morgan fingerprint density at radius 3 is 2.62 bits per heavy atom. The predicted molar refractivity (Wildman–Crippen MR) is 145 cm³/mol. The molecule has 2 aliphatic heterocycles. The van der Waals surface area contributed by atoms with Crippen LogP contribution in [0.1, 0.15) is 24.3 Å². The number of ether oxygens (including phenoxy) is 2. The highest BCUT2D eigenvalue weighted by Crippen LogP contribution is 2.34. The smallest absolute Gasteiger partial charge is 0.162 e. The van der Waals surface area contributed by atoms with Gasteiger partial charge in [0, 0.05) is 56.8 Å². The highest BCUT2D eigenvalue weighted by Gasteiger charge is 2.21. The SMILES string of the molecule is COc1cncc2nc(-c3ccnc(Nc4ccc(C5CCOCC5)cc4)c3)nc(N3CCNCC3)c12. The van der Waals surface area contributed by atoms with Crippen LogP contribution in [0.25, 0.3) is 22.3 Å². The fourth-order valence-corrected chi connectivity index (χ4v) is 5.08. The predicted octanol–water partition coefficient (Wildman–Crippen LogP) is 4.14. The van der Waals surface area contributed by atoms with Crippen molar-refractivity contribution in [3.05, 3.63) is 60.6 Å². The second-order valence-electron chi connectivity index (χ2n) is 9.41. The normalized spacial score (nSPS) is 16.6. The van der Waals surface area contributed by atoms with Crippen LogP contribution in [0.5, 0.6) is 5.75 Å². The minimum atomic E-state index is 0.576. The van der Waals surface area contributed by atoms with Gasteiger partial charge in [0.05, 0.1) is 30.4 Å². The second kappa shape index (κ2) is 10.7. The highest BCUT2D eigenvalue weighted by atomic mass is 16.5. The molecule has 190 valence electrons. The molecule has 37 heavy (non-hydrogen) atoms. The van der Waals surface area contributed by atoms with Crippen LogP contribution in [-0.4, -0.2) is 66.4 Å². The zero-order valence-electron chi connectivity index (χ0n) is 21.0. The van der Waals surface area contributed by atoms with E-state index in [1.807, 2.05) is 12.1 Å². The van der Waals surface area contributed by atoms with Crippen LogP contribution in [-0.2, 0) is 4.74 Å². The van der Waals surface area contributed by atoms with E-state index < -0.39 is 0 Å². The van der Waals surface area contributed by atoms with Gasteiger partial charge in [-0.25, -0.2) is 15.0 Å². The van der Waals surface area contributed by atoms with Crippen LogP contribution in [0.15, 0.2) is 55.0 Å². The standard InChI is InChI=1S/C28H31N7O2/c1-36-24-18-30-17-23-26(24)28(35-12-10-29-11-13-35)34-27(33-23)21-6-9-31-25(16-21)32-22-4-2-19(3-5-22)20-7-14-37-15-8-20/h2-6,9,16-18,20,29H,7-8,10-15H2,1H3,(H,31,32). The number of hydrogen-bond donors (Lipinski definition) is 2. The Hall–Kier alpha value is -3.82. The molecule has 9 heteroatoms. The lowest BCUT2D eigenvalue weighted by Crippen LogP contribution is -2.44. The van der Waals surface area contributed by atoms with Crippen molar-refractivity contribution < 1.29 is 9.47 Å². The first-order valence-electron chi connectivity index (χ1n) is 12.8. The Bertz CT molecular complexity index is 1370. The third-order valence-corrected chi connectivity index (χ3v) is 7.08. The summed E-state index contributed by atoms with van der Waals surface area (Å²) in [7, 11) is 1.66. The fourth-order valence-electron chi connectivity index (χ4n) is 5.08. The zero-order chi connectivity index (χ0) is 25.0. The van der Waals surface area contributed by atoms with Crippen molar-refractivity contribution in [2.75, 3.05) is 56.7 Å². The van der Waals surface area contributed by atoms with Gasteiger partial charge < -0.3 is 25.0 Å². The number of piperazine rings is 1. The molecule has 0 atom stereocenters. The third kappa shape index (κ3) is 5.05. The summed E-state index contributed by atoms with van der Waals surface area (Å²) in [5, 5.41) is 7.73. The topological polar surface area (TPSA) is 97.3 Å². The summed E-state index contributed by atoms with van der Waals surface area (Å²) in [6.45, 7) is 5.23. The van der Waals surface area contributed by atoms with Gasteiger partial charge in [-0.15, -0.1) is 0 Å². The lowest BCUT2D eigenvalue weighted by Gasteiger charge is -2.29. The lowest BCUT2D eigenvalue weighted by molar-refractivity contribution is 0.0853. The average molecular weight is 498 g/mol. The number of fused-ring (bicyclic) bond motifs is 1. The molecule has 0 amide bonds. The van der Waals surface area contributed by atoms with Gasteiger partial charge in [0.15, 0.2) is 5.82 Å². The van der Waals surface area contributed by atoms with Gasteiger partial charge in [-0.2, -0.15) is 0 Å². The molecule has 2 aliphatic rings. The van der Waals surface area contributed by atoms with E-state index in [1.165, 1.54) is 5.56 Å². The number of nitrogens with one attached hydrogen (secondary N) is 2. The second-order valence-corrected chi connectivity index (χ2v) is 9.41. The van der Waals surface area contributed by atoms with E-state index in [0.717, 1.165) is 86.0 Å². The number of rotatable bonds is 6. The molecule has 0 bridgehead atoms. The van der Waals surface area contributed by atoms with Crippen molar-refractivity contribution in [1.29, 1.82) is 0 Å². The number of hydrogen-bond acceptors (Lipinski definition) is 9. The maximum Gasteiger partial charge on any atom is 0.162 e. The quantitative estimate of drug-likeness (QED) is 0.407. The first kappa shape index (κ1) is 23.6. The monoisotopic (exact) mass is 497 g/mol. The zero-order valence-corrected chi connectivity index (χ0v) is 21.0. The summed E-state index contributed by atoms with van der Waals surface area (Å²) in [5.41, 5.74) is 4.00. The molecule has 0 aliphatic carbocycles. The molecule has 0 saturated carbocycles. The van der Waals surface area contributed by atoms with E-state index >= 15 is 0 Å². The summed E-state index contributed by atoms with van der Waals surface area (Å²) in [6.07, 6.45) is 7.45. The Morgan fingerprint density at radius 1 is 1.03 bits per heavy atom. The molecule has 2 fully saturated rings. The van der Waals surface area contributed by atoms with Crippen molar-refractivity contribution in [1.82, 2.24) is 25.3 Å². The molecule has 0 radical (unpaired) electrons.